The van der Waals surface area contributed by atoms with Crippen LogP contribution in [-0.4, -0.2) is 66.3 Å². The number of nitrogens with zero attached hydrogens (tertiary/aromatic N) is 5. The van der Waals surface area contributed by atoms with E-state index < -0.39 is 34.5 Å². The Morgan fingerprint density at radius 2 is 1.76 bits per heavy atom. The number of carbonyl (C=O) groups is 1. The number of ether oxygens (including phenoxy) is 1. The molecule has 0 bridgehead atoms. The van der Waals surface area contributed by atoms with Gasteiger partial charge < -0.3 is 24.5 Å². The molecule has 8 nitrogen and oxygen atoms in total. The Morgan fingerprint density at radius 1 is 1.09 bits per heavy atom. The Hall–Kier alpha value is -4.06. The number of hydrogen-bond donors (Lipinski definition) is 1. The highest BCUT2D eigenvalue weighted by molar-refractivity contribution is 6.09. The van der Waals surface area contributed by atoms with Crippen LogP contribution in [0.2, 0.25) is 0 Å². The van der Waals surface area contributed by atoms with Crippen molar-refractivity contribution in [3.63, 3.8) is 0 Å². The first-order valence-corrected chi connectivity index (χ1v) is 14.6. The molecule has 45 heavy (non-hydrogen) atoms. The third kappa shape index (κ3) is 5.22. The van der Waals surface area contributed by atoms with E-state index in [2.05, 4.69) is 4.98 Å². The fourth-order valence-corrected chi connectivity index (χ4v) is 6.22. The number of halogens is 3. The van der Waals surface area contributed by atoms with Gasteiger partial charge in [0.1, 0.15) is 23.1 Å². The molecule has 0 radical (unpaired) electrons. The third-order valence-electron chi connectivity index (χ3n) is 8.67. The number of fused-ring (bicyclic) bond motifs is 2. The van der Waals surface area contributed by atoms with E-state index in [1.54, 1.807) is 52.9 Å². The molecule has 3 atom stereocenters. The van der Waals surface area contributed by atoms with E-state index in [1.165, 1.54) is 29.0 Å². The predicted molar refractivity (Wildman–Crippen MR) is 169 cm³/mol. The van der Waals surface area contributed by atoms with Crippen LogP contribution in [0.15, 0.2) is 60.7 Å². The smallest absolute Gasteiger partial charge is 0.305 e. The average molecular weight is 622 g/mol. The zero-order chi connectivity index (χ0) is 33.1. The minimum atomic E-state index is -3.90. The number of anilines is 3. The van der Waals surface area contributed by atoms with E-state index in [1.807, 2.05) is 36.4 Å². The van der Waals surface area contributed by atoms with Gasteiger partial charge in [-0.05, 0) is 72.1 Å². The second-order valence-electron chi connectivity index (χ2n) is 12.3. The molecular formula is C34H38F3N5O3. The molecule has 1 N–H and O–H groups in total. The van der Waals surface area contributed by atoms with E-state index >= 15 is 13.2 Å². The fraction of sp³-hybridized carbons (Fsp3) is 0.382. The van der Waals surface area contributed by atoms with Gasteiger partial charge in [0.15, 0.2) is 5.60 Å². The maximum atomic E-state index is 16.3. The molecule has 2 unspecified atom stereocenters. The number of methoxy groups -OCH3 is 1. The molecule has 1 aliphatic heterocycles. The average Bonchev–Trinajstić information content (AvgIpc) is 3.16. The number of alkyl halides is 2. The van der Waals surface area contributed by atoms with E-state index in [0.717, 1.165) is 13.0 Å². The van der Waals surface area contributed by atoms with Crippen molar-refractivity contribution < 1.29 is 27.8 Å². The first-order valence-electron chi connectivity index (χ1n) is 14.6. The molecule has 0 saturated carbocycles. The zero-order valence-corrected chi connectivity index (χ0v) is 26.7. The number of aromatic nitrogens is 2. The lowest BCUT2D eigenvalue weighted by Gasteiger charge is -2.36. The Morgan fingerprint density at radius 3 is 2.38 bits per heavy atom. The summed E-state index contributed by atoms with van der Waals surface area (Å²) in [6.45, 7) is 5.76. The number of likely N-dealkylation sites (N-methyl/N-ethyl adjacent to an activating group) is 2. The van der Waals surface area contributed by atoms with Gasteiger partial charge in [-0.1, -0.05) is 30.3 Å². The molecule has 5 rings (SSSR count). The van der Waals surface area contributed by atoms with Crippen molar-refractivity contribution in [3.05, 3.63) is 89.0 Å². The summed E-state index contributed by atoms with van der Waals surface area (Å²) in [4.78, 5) is 27.4. The topological polar surface area (TPSA) is 82.0 Å². The lowest BCUT2D eigenvalue weighted by Crippen LogP contribution is -2.50. The summed E-state index contributed by atoms with van der Waals surface area (Å²) >= 11 is 0. The maximum Gasteiger partial charge on any atom is 0.305 e. The largest absolute Gasteiger partial charge is 0.382 e. The van der Waals surface area contributed by atoms with Crippen LogP contribution in [0.4, 0.5) is 30.4 Å². The second kappa shape index (κ2) is 11.4. The molecule has 11 heteroatoms. The molecule has 1 aromatic heterocycles. The highest BCUT2D eigenvalue weighted by Crippen LogP contribution is 2.47. The molecule has 238 valence electrons. The van der Waals surface area contributed by atoms with E-state index in [-0.39, 0.29) is 18.0 Å². The Bertz CT molecular complexity index is 1770. The highest BCUT2D eigenvalue weighted by Gasteiger charge is 2.52. The quantitative estimate of drug-likeness (QED) is 0.238. The van der Waals surface area contributed by atoms with Crippen molar-refractivity contribution in [2.75, 3.05) is 44.6 Å². The van der Waals surface area contributed by atoms with Crippen LogP contribution >= 0.6 is 0 Å². The summed E-state index contributed by atoms with van der Waals surface area (Å²) < 4.78 is 53.6. The van der Waals surface area contributed by atoms with Crippen LogP contribution in [0.3, 0.4) is 0 Å². The van der Waals surface area contributed by atoms with Crippen molar-refractivity contribution in [2.24, 2.45) is 0 Å². The number of para-hydroxylation sites is 1. The van der Waals surface area contributed by atoms with Gasteiger partial charge >= 0.3 is 5.92 Å². The molecule has 4 aromatic rings. The van der Waals surface area contributed by atoms with Gasteiger partial charge in [-0.25, -0.2) is 14.4 Å². The summed E-state index contributed by atoms with van der Waals surface area (Å²) in [7, 11) is 6.26. The summed E-state index contributed by atoms with van der Waals surface area (Å²) in [5.74, 6) is -4.43. The van der Waals surface area contributed by atoms with Gasteiger partial charge in [0.05, 0.1) is 22.8 Å². The van der Waals surface area contributed by atoms with Crippen molar-refractivity contribution in [1.82, 2.24) is 14.9 Å². The lowest BCUT2D eigenvalue weighted by atomic mass is 9.88. The van der Waals surface area contributed by atoms with E-state index in [0.29, 0.717) is 39.5 Å². The summed E-state index contributed by atoms with van der Waals surface area (Å²) in [5.41, 5.74) is -2.22. The van der Waals surface area contributed by atoms with Crippen molar-refractivity contribution in [1.29, 1.82) is 0 Å². The molecule has 0 spiro atoms. The Labute approximate surface area is 261 Å². The maximum absolute atomic E-state index is 16.3. The Balaban J connectivity index is 1.73. The van der Waals surface area contributed by atoms with Crippen molar-refractivity contribution >= 4 is 34.0 Å². The van der Waals surface area contributed by atoms with Crippen molar-refractivity contribution in [2.45, 2.75) is 50.9 Å². The zero-order valence-electron chi connectivity index (χ0n) is 26.7. The van der Waals surface area contributed by atoms with Gasteiger partial charge in [-0.2, -0.15) is 8.78 Å². The first kappa shape index (κ1) is 32.3. The van der Waals surface area contributed by atoms with Crippen LogP contribution in [0.1, 0.15) is 49.3 Å². The molecular weight excluding hydrogens is 583 g/mol. The monoisotopic (exact) mass is 621 g/mol. The molecule has 0 fully saturated rings. The summed E-state index contributed by atoms with van der Waals surface area (Å²) in [5, 5.41) is 11.4. The number of benzene rings is 3. The first-order chi connectivity index (χ1) is 21.0. The van der Waals surface area contributed by atoms with Crippen LogP contribution in [0, 0.1) is 12.7 Å². The SMILES string of the molecule is COC1(C)C(=O)N(C)c2cc3c(N(c4ccccc4)[C@H](C)c4cccc(C(F)(F)C(C)(O)CN(C)C)c4F)nc(C)nc3cc21. The predicted octanol–water partition coefficient (Wildman–Crippen LogP) is 6.22. The normalized spacial score (nSPS) is 18.8. The number of amides is 1. The number of hydrogen-bond acceptors (Lipinski definition) is 7. The lowest BCUT2D eigenvalue weighted by molar-refractivity contribution is -0.186. The molecule has 2 heterocycles. The van der Waals surface area contributed by atoms with Gasteiger partial charge in [0.25, 0.3) is 5.91 Å². The number of aryl methyl sites for hydroxylation is 1. The van der Waals surface area contributed by atoms with Gasteiger partial charge in [0.2, 0.25) is 0 Å². The minimum Gasteiger partial charge on any atom is -0.382 e. The van der Waals surface area contributed by atoms with Crippen molar-refractivity contribution in [3.8, 4) is 0 Å². The summed E-state index contributed by atoms with van der Waals surface area (Å²) in [6.07, 6.45) is 0. The highest BCUT2D eigenvalue weighted by atomic mass is 19.3. The third-order valence-corrected chi connectivity index (χ3v) is 8.67. The Kier molecular flexibility index (Phi) is 8.18. The van der Waals surface area contributed by atoms with Crippen LogP contribution < -0.4 is 9.80 Å². The van der Waals surface area contributed by atoms with Gasteiger partial charge in [-0.15, -0.1) is 0 Å². The number of aliphatic hydroxyl groups is 1. The number of rotatable bonds is 9. The number of carbonyl (C=O) groups excluding carboxylic acids is 1. The van der Waals surface area contributed by atoms with Crippen LogP contribution in [-0.2, 0) is 21.1 Å². The molecule has 3 aromatic carbocycles. The minimum absolute atomic E-state index is 0.0125. The van der Waals surface area contributed by atoms with Crippen LogP contribution in [0.25, 0.3) is 10.9 Å². The fourth-order valence-electron chi connectivity index (χ4n) is 6.22. The van der Waals surface area contributed by atoms with E-state index in [9.17, 15) is 9.90 Å². The molecule has 0 aliphatic carbocycles. The second-order valence-corrected chi connectivity index (χ2v) is 12.3. The van der Waals surface area contributed by atoms with Gasteiger partial charge in [0, 0.05) is 42.9 Å². The molecule has 0 saturated heterocycles. The van der Waals surface area contributed by atoms with E-state index in [4.69, 9.17) is 9.72 Å². The molecule has 1 amide bonds. The van der Waals surface area contributed by atoms with Gasteiger partial charge in [-0.3, -0.25) is 4.79 Å². The summed E-state index contributed by atoms with van der Waals surface area (Å²) in [6, 6.07) is 15.7. The standard InChI is InChI=1S/C34H38F3N5O3/c1-20(23-15-12-16-25(29(23)35)34(36,37)32(3,44)19-40(5)6)42(22-13-10-9-11-14-22)30-24-17-28-26(18-27(24)38-21(2)39-30)33(4,45-8)31(43)41(28)7/h9-18,20,44H,19H2,1-8H3/t20-,32?,33?/m1/s1. The molecule has 1 aliphatic rings. The van der Waals surface area contributed by atoms with Crippen LogP contribution in [0.5, 0.6) is 0 Å².